The van der Waals surface area contributed by atoms with Crippen LogP contribution in [0.2, 0.25) is 0 Å². The van der Waals surface area contributed by atoms with E-state index in [-0.39, 0.29) is 5.56 Å². The largest absolute Gasteiger partial charge is 0.312 e. The van der Waals surface area contributed by atoms with Crippen LogP contribution in [0.3, 0.4) is 0 Å². The third-order valence-corrected chi connectivity index (χ3v) is 2.50. The molecule has 2 heterocycles. The third kappa shape index (κ3) is 1.30. The molecule has 1 aromatic heterocycles. The van der Waals surface area contributed by atoms with Gasteiger partial charge in [0.2, 0.25) is 0 Å². The van der Waals surface area contributed by atoms with Gasteiger partial charge < -0.3 is 4.57 Å². The normalized spacial score (nSPS) is 15.1. The van der Waals surface area contributed by atoms with Crippen molar-refractivity contribution >= 4 is 6.29 Å². The molecule has 1 aliphatic heterocycles. The van der Waals surface area contributed by atoms with Gasteiger partial charge in [-0.1, -0.05) is 0 Å². The molecule has 0 aromatic carbocycles. The Morgan fingerprint density at radius 3 is 2.92 bits per heavy atom. The summed E-state index contributed by atoms with van der Waals surface area (Å²) < 4.78 is 1.72. The Morgan fingerprint density at radius 2 is 2.15 bits per heavy atom. The second kappa shape index (κ2) is 3.17. The molecule has 0 atom stereocenters. The Hall–Kier alpha value is -1.38. The molecule has 0 aliphatic carbocycles. The van der Waals surface area contributed by atoms with Crippen LogP contribution in [0.15, 0.2) is 16.9 Å². The van der Waals surface area contributed by atoms with Crippen LogP contribution in [-0.2, 0) is 13.0 Å². The van der Waals surface area contributed by atoms with Gasteiger partial charge in [0.1, 0.15) is 0 Å². The van der Waals surface area contributed by atoms with Gasteiger partial charge in [0.05, 0.1) is 0 Å². The molecule has 13 heavy (non-hydrogen) atoms. The van der Waals surface area contributed by atoms with Crippen molar-refractivity contribution in [2.24, 2.45) is 0 Å². The van der Waals surface area contributed by atoms with Crippen molar-refractivity contribution in [3.05, 3.63) is 33.7 Å². The van der Waals surface area contributed by atoms with Gasteiger partial charge in [-0.3, -0.25) is 9.59 Å². The first kappa shape index (κ1) is 8.23. The fourth-order valence-electron chi connectivity index (χ4n) is 1.83. The number of carbonyl (C=O) groups is 1. The Bertz CT molecular complexity index is 392. The number of hydrogen-bond acceptors (Lipinski definition) is 2. The number of hydrogen-bond donors (Lipinski definition) is 0. The maximum Gasteiger partial charge on any atom is 0.250 e. The minimum atomic E-state index is 0.0142. The SMILES string of the molecule is O=Cc1ccc(=O)n2c1CCCC2. The smallest absolute Gasteiger partial charge is 0.250 e. The highest BCUT2D eigenvalue weighted by molar-refractivity contribution is 5.76. The maximum atomic E-state index is 11.4. The number of aromatic nitrogens is 1. The molecule has 0 fully saturated rings. The summed E-state index contributed by atoms with van der Waals surface area (Å²) in [6.07, 6.45) is 3.79. The summed E-state index contributed by atoms with van der Waals surface area (Å²) in [6, 6.07) is 3.09. The molecule has 1 aromatic rings. The van der Waals surface area contributed by atoms with Crippen molar-refractivity contribution in [2.45, 2.75) is 25.8 Å². The van der Waals surface area contributed by atoms with Crippen molar-refractivity contribution in [2.75, 3.05) is 0 Å². The summed E-state index contributed by atoms with van der Waals surface area (Å²) >= 11 is 0. The Labute approximate surface area is 76.0 Å². The minimum Gasteiger partial charge on any atom is -0.312 e. The van der Waals surface area contributed by atoms with E-state index in [1.54, 1.807) is 10.6 Å². The molecule has 0 saturated carbocycles. The molecular weight excluding hydrogens is 166 g/mol. The van der Waals surface area contributed by atoms with E-state index in [4.69, 9.17) is 0 Å². The van der Waals surface area contributed by atoms with E-state index < -0.39 is 0 Å². The summed E-state index contributed by atoms with van der Waals surface area (Å²) in [5.41, 5.74) is 1.59. The number of carbonyl (C=O) groups excluding carboxylic acids is 1. The highest BCUT2D eigenvalue weighted by atomic mass is 16.1. The number of pyridine rings is 1. The molecule has 3 heteroatoms. The van der Waals surface area contributed by atoms with Gasteiger partial charge in [-0.25, -0.2) is 0 Å². The fourth-order valence-corrected chi connectivity index (χ4v) is 1.83. The van der Waals surface area contributed by atoms with Crippen molar-refractivity contribution in [1.82, 2.24) is 4.57 Å². The molecule has 0 bridgehead atoms. The van der Waals surface area contributed by atoms with Crippen LogP contribution >= 0.6 is 0 Å². The van der Waals surface area contributed by atoms with Crippen LogP contribution in [-0.4, -0.2) is 10.9 Å². The highest BCUT2D eigenvalue weighted by Crippen LogP contribution is 2.14. The molecule has 0 spiro atoms. The summed E-state index contributed by atoms with van der Waals surface area (Å²) in [5.74, 6) is 0. The van der Waals surface area contributed by atoms with E-state index >= 15 is 0 Å². The van der Waals surface area contributed by atoms with E-state index in [9.17, 15) is 9.59 Å². The first-order valence-corrected chi connectivity index (χ1v) is 4.51. The maximum absolute atomic E-state index is 11.4. The van der Waals surface area contributed by atoms with Crippen molar-refractivity contribution in [3.63, 3.8) is 0 Å². The zero-order valence-corrected chi connectivity index (χ0v) is 7.32. The highest BCUT2D eigenvalue weighted by Gasteiger charge is 2.12. The average molecular weight is 177 g/mol. The predicted molar refractivity (Wildman–Crippen MR) is 49.0 cm³/mol. The van der Waals surface area contributed by atoms with Gasteiger partial charge >= 0.3 is 0 Å². The molecule has 0 radical (unpaired) electrons. The summed E-state index contributed by atoms with van der Waals surface area (Å²) in [5, 5.41) is 0. The van der Waals surface area contributed by atoms with Crippen LogP contribution < -0.4 is 5.56 Å². The summed E-state index contributed by atoms with van der Waals surface area (Å²) in [4.78, 5) is 22.1. The average Bonchev–Trinajstić information content (AvgIpc) is 2.19. The van der Waals surface area contributed by atoms with Gasteiger partial charge in [-0.15, -0.1) is 0 Å². The van der Waals surface area contributed by atoms with E-state index in [1.807, 2.05) is 0 Å². The van der Waals surface area contributed by atoms with Gasteiger partial charge in [0, 0.05) is 23.9 Å². The lowest BCUT2D eigenvalue weighted by molar-refractivity contribution is 0.112. The summed E-state index contributed by atoms with van der Waals surface area (Å²) in [7, 11) is 0. The number of rotatable bonds is 1. The lowest BCUT2D eigenvalue weighted by Crippen LogP contribution is -2.27. The number of fused-ring (bicyclic) bond motifs is 1. The van der Waals surface area contributed by atoms with E-state index in [1.165, 1.54) is 6.07 Å². The molecular formula is C10H11NO2. The molecule has 1 aliphatic rings. The first-order valence-electron chi connectivity index (χ1n) is 4.51. The van der Waals surface area contributed by atoms with Crippen LogP contribution in [0.5, 0.6) is 0 Å². The predicted octanol–water partition coefficient (Wildman–Crippen LogP) is 0.997. The standard InChI is InChI=1S/C10H11NO2/c12-7-8-4-5-10(13)11-6-2-1-3-9(8)11/h4-5,7H,1-3,6H2. The number of aldehydes is 1. The second-order valence-electron chi connectivity index (χ2n) is 3.30. The molecule has 68 valence electrons. The van der Waals surface area contributed by atoms with E-state index in [2.05, 4.69) is 0 Å². The van der Waals surface area contributed by atoms with Crippen LogP contribution in [0.1, 0.15) is 28.9 Å². The fraction of sp³-hybridized carbons (Fsp3) is 0.400. The quantitative estimate of drug-likeness (QED) is 0.600. The number of nitrogens with zero attached hydrogens (tertiary/aromatic N) is 1. The molecule has 2 rings (SSSR count). The zero-order chi connectivity index (χ0) is 9.26. The second-order valence-corrected chi connectivity index (χ2v) is 3.30. The lowest BCUT2D eigenvalue weighted by atomic mass is 10.0. The topological polar surface area (TPSA) is 39.1 Å². The van der Waals surface area contributed by atoms with Gasteiger partial charge in [-0.05, 0) is 25.3 Å². The molecule has 0 N–H and O–H groups in total. The molecule has 0 unspecified atom stereocenters. The monoisotopic (exact) mass is 177 g/mol. The lowest BCUT2D eigenvalue weighted by Gasteiger charge is -2.18. The van der Waals surface area contributed by atoms with Crippen LogP contribution in [0.4, 0.5) is 0 Å². The van der Waals surface area contributed by atoms with Crippen LogP contribution in [0, 0.1) is 0 Å². The van der Waals surface area contributed by atoms with Gasteiger partial charge in [0.15, 0.2) is 6.29 Å². The van der Waals surface area contributed by atoms with E-state index in [0.29, 0.717) is 5.56 Å². The Kier molecular flexibility index (Phi) is 2.00. The molecule has 3 nitrogen and oxygen atoms in total. The van der Waals surface area contributed by atoms with Crippen molar-refractivity contribution in [3.8, 4) is 0 Å². The summed E-state index contributed by atoms with van der Waals surface area (Å²) in [6.45, 7) is 0.760. The van der Waals surface area contributed by atoms with E-state index in [0.717, 1.165) is 37.8 Å². The van der Waals surface area contributed by atoms with Gasteiger partial charge in [0.25, 0.3) is 5.56 Å². The van der Waals surface area contributed by atoms with Crippen molar-refractivity contribution in [1.29, 1.82) is 0 Å². The zero-order valence-electron chi connectivity index (χ0n) is 7.32. The minimum absolute atomic E-state index is 0.0142. The Morgan fingerprint density at radius 1 is 1.31 bits per heavy atom. The van der Waals surface area contributed by atoms with Crippen LogP contribution in [0.25, 0.3) is 0 Å². The van der Waals surface area contributed by atoms with Crippen molar-refractivity contribution < 1.29 is 4.79 Å². The molecule has 0 amide bonds. The Balaban J connectivity index is 2.65. The molecule has 0 saturated heterocycles. The van der Waals surface area contributed by atoms with Gasteiger partial charge in [-0.2, -0.15) is 0 Å². The first-order chi connectivity index (χ1) is 6.33. The third-order valence-electron chi connectivity index (χ3n) is 2.50.